The van der Waals surface area contributed by atoms with E-state index in [1.165, 1.54) is 0 Å². The first-order chi connectivity index (χ1) is 11.0. The molecule has 0 aromatic rings. The standard InChI is InChI=1S/C17H31N3O3/c1-12(2)13(3)19-17(22)14-4-7-20(8-5-14)16(21)10-15-11-23-9-6-18-15/h12-15,18H,4-11H2,1-3H3,(H,19,22). The molecule has 0 aliphatic carbocycles. The highest BCUT2D eigenvalue weighted by Gasteiger charge is 2.29. The Bertz CT molecular complexity index is 400. The van der Waals surface area contributed by atoms with E-state index in [4.69, 9.17) is 4.74 Å². The predicted octanol–water partition coefficient (Wildman–Crippen LogP) is 0.764. The van der Waals surface area contributed by atoms with Crippen LogP contribution in [0.3, 0.4) is 0 Å². The van der Waals surface area contributed by atoms with Crippen LogP contribution in [0.4, 0.5) is 0 Å². The van der Waals surface area contributed by atoms with Gasteiger partial charge in [-0.2, -0.15) is 0 Å². The third-order valence-corrected chi connectivity index (χ3v) is 5.01. The largest absolute Gasteiger partial charge is 0.378 e. The lowest BCUT2D eigenvalue weighted by atomic mass is 9.94. The van der Waals surface area contributed by atoms with Gasteiger partial charge >= 0.3 is 0 Å². The van der Waals surface area contributed by atoms with Crippen molar-refractivity contribution in [2.75, 3.05) is 32.8 Å². The second kappa shape index (κ2) is 8.64. The van der Waals surface area contributed by atoms with Crippen LogP contribution in [0.2, 0.25) is 0 Å². The molecule has 6 nitrogen and oxygen atoms in total. The van der Waals surface area contributed by atoms with Crippen LogP contribution in [0.1, 0.15) is 40.0 Å². The van der Waals surface area contributed by atoms with Crippen molar-refractivity contribution in [3.63, 3.8) is 0 Å². The van der Waals surface area contributed by atoms with E-state index in [-0.39, 0.29) is 29.8 Å². The monoisotopic (exact) mass is 325 g/mol. The molecule has 0 saturated carbocycles. The lowest BCUT2D eigenvalue weighted by Gasteiger charge is -2.33. The second-order valence-electron chi connectivity index (χ2n) is 7.13. The smallest absolute Gasteiger partial charge is 0.224 e. The Balaban J connectivity index is 1.72. The molecule has 2 atom stereocenters. The third-order valence-electron chi connectivity index (χ3n) is 5.01. The minimum atomic E-state index is 0.0383. The number of rotatable bonds is 5. The number of likely N-dealkylation sites (tertiary alicyclic amines) is 1. The highest BCUT2D eigenvalue weighted by Crippen LogP contribution is 2.19. The maximum Gasteiger partial charge on any atom is 0.224 e. The zero-order valence-electron chi connectivity index (χ0n) is 14.6. The Morgan fingerprint density at radius 2 is 1.96 bits per heavy atom. The Hall–Kier alpha value is -1.14. The Morgan fingerprint density at radius 3 is 2.52 bits per heavy atom. The summed E-state index contributed by atoms with van der Waals surface area (Å²) >= 11 is 0. The van der Waals surface area contributed by atoms with Crippen LogP contribution in [-0.4, -0.2) is 61.6 Å². The molecule has 6 heteroatoms. The van der Waals surface area contributed by atoms with E-state index in [1.54, 1.807) is 0 Å². The summed E-state index contributed by atoms with van der Waals surface area (Å²) in [6.45, 7) is 9.76. The van der Waals surface area contributed by atoms with E-state index < -0.39 is 0 Å². The highest BCUT2D eigenvalue weighted by molar-refractivity contribution is 5.80. The van der Waals surface area contributed by atoms with Crippen LogP contribution in [0, 0.1) is 11.8 Å². The van der Waals surface area contributed by atoms with Crippen LogP contribution in [-0.2, 0) is 14.3 Å². The van der Waals surface area contributed by atoms with Gasteiger partial charge in [-0.1, -0.05) is 13.8 Å². The van der Waals surface area contributed by atoms with Gasteiger partial charge in [0, 0.05) is 44.1 Å². The lowest BCUT2D eigenvalue weighted by molar-refractivity contribution is -0.136. The van der Waals surface area contributed by atoms with E-state index in [2.05, 4.69) is 24.5 Å². The number of carbonyl (C=O) groups excluding carboxylic acids is 2. The molecule has 0 spiro atoms. The van der Waals surface area contributed by atoms with Gasteiger partial charge in [0.25, 0.3) is 0 Å². The number of nitrogens with zero attached hydrogens (tertiary/aromatic N) is 1. The number of hydrogen-bond acceptors (Lipinski definition) is 4. The zero-order chi connectivity index (χ0) is 16.8. The van der Waals surface area contributed by atoms with E-state index >= 15 is 0 Å². The first-order valence-corrected chi connectivity index (χ1v) is 8.86. The maximum atomic E-state index is 12.3. The van der Waals surface area contributed by atoms with Crippen molar-refractivity contribution in [2.24, 2.45) is 11.8 Å². The molecule has 0 radical (unpaired) electrons. The van der Waals surface area contributed by atoms with Crippen LogP contribution in [0.5, 0.6) is 0 Å². The SMILES string of the molecule is CC(C)C(C)NC(=O)C1CCN(C(=O)CC2COCCN2)CC1. The first kappa shape index (κ1) is 18.2. The topological polar surface area (TPSA) is 70.7 Å². The van der Waals surface area contributed by atoms with Gasteiger partial charge < -0.3 is 20.3 Å². The van der Waals surface area contributed by atoms with Crippen molar-refractivity contribution in [2.45, 2.75) is 52.1 Å². The minimum Gasteiger partial charge on any atom is -0.378 e. The molecular weight excluding hydrogens is 294 g/mol. The van der Waals surface area contributed by atoms with Crippen LogP contribution >= 0.6 is 0 Å². The van der Waals surface area contributed by atoms with Crippen molar-refractivity contribution < 1.29 is 14.3 Å². The van der Waals surface area contributed by atoms with Gasteiger partial charge in [-0.3, -0.25) is 9.59 Å². The van der Waals surface area contributed by atoms with Crippen molar-refractivity contribution in [3.8, 4) is 0 Å². The van der Waals surface area contributed by atoms with Crippen LogP contribution in [0.25, 0.3) is 0 Å². The molecule has 2 unspecified atom stereocenters. The van der Waals surface area contributed by atoms with E-state index in [0.29, 0.717) is 32.0 Å². The van der Waals surface area contributed by atoms with E-state index in [1.807, 2.05) is 11.8 Å². The molecule has 2 heterocycles. The Kier molecular flexibility index (Phi) is 6.84. The number of carbonyl (C=O) groups is 2. The van der Waals surface area contributed by atoms with Gasteiger partial charge in [0.05, 0.1) is 13.2 Å². The van der Waals surface area contributed by atoms with E-state index in [9.17, 15) is 9.59 Å². The summed E-state index contributed by atoms with van der Waals surface area (Å²) in [5, 5.41) is 6.40. The van der Waals surface area contributed by atoms with Gasteiger partial charge in [0.2, 0.25) is 11.8 Å². The predicted molar refractivity (Wildman–Crippen MR) is 89.0 cm³/mol. The van der Waals surface area contributed by atoms with Crippen LogP contribution in [0.15, 0.2) is 0 Å². The molecule has 23 heavy (non-hydrogen) atoms. The summed E-state index contributed by atoms with van der Waals surface area (Å²) in [5.41, 5.74) is 0. The number of hydrogen-bond donors (Lipinski definition) is 2. The lowest BCUT2D eigenvalue weighted by Crippen LogP contribution is -2.48. The van der Waals surface area contributed by atoms with Crippen LogP contribution < -0.4 is 10.6 Å². The fourth-order valence-corrected chi connectivity index (χ4v) is 2.99. The van der Waals surface area contributed by atoms with Crippen molar-refractivity contribution >= 4 is 11.8 Å². The molecule has 2 saturated heterocycles. The molecule has 132 valence electrons. The minimum absolute atomic E-state index is 0.0383. The molecule has 2 aliphatic heterocycles. The Morgan fingerprint density at radius 1 is 1.26 bits per heavy atom. The average Bonchev–Trinajstić information content (AvgIpc) is 2.55. The molecule has 0 aromatic carbocycles. The van der Waals surface area contributed by atoms with Gasteiger partial charge in [-0.05, 0) is 25.7 Å². The summed E-state index contributed by atoms with van der Waals surface area (Å²) in [4.78, 5) is 26.5. The van der Waals surface area contributed by atoms with Gasteiger partial charge in [-0.25, -0.2) is 0 Å². The maximum absolute atomic E-state index is 12.3. The number of ether oxygens (including phenoxy) is 1. The van der Waals surface area contributed by atoms with Gasteiger partial charge in [-0.15, -0.1) is 0 Å². The fraction of sp³-hybridized carbons (Fsp3) is 0.882. The number of nitrogens with one attached hydrogen (secondary N) is 2. The molecule has 2 amide bonds. The number of amides is 2. The first-order valence-electron chi connectivity index (χ1n) is 8.86. The summed E-state index contributed by atoms with van der Waals surface area (Å²) < 4.78 is 5.39. The quantitative estimate of drug-likeness (QED) is 0.783. The van der Waals surface area contributed by atoms with Crippen molar-refractivity contribution in [1.82, 2.24) is 15.5 Å². The molecule has 2 rings (SSSR count). The number of morpholine rings is 1. The number of piperidine rings is 1. The summed E-state index contributed by atoms with van der Waals surface area (Å²) in [7, 11) is 0. The average molecular weight is 325 g/mol. The van der Waals surface area contributed by atoms with Crippen molar-refractivity contribution in [1.29, 1.82) is 0 Å². The molecule has 2 fully saturated rings. The summed E-state index contributed by atoms with van der Waals surface area (Å²) in [6.07, 6.45) is 2.01. The normalized spacial score (nSPS) is 24.5. The third kappa shape index (κ3) is 5.46. The van der Waals surface area contributed by atoms with Gasteiger partial charge in [0.15, 0.2) is 0 Å². The molecule has 2 N–H and O–H groups in total. The van der Waals surface area contributed by atoms with Crippen molar-refractivity contribution in [3.05, 3.63) is 0 Å². The fourth-order valence-electron chi connectivity index (χ4n) is 2.99. The second-order valence-corrected chi connectivity index (χ2v) is 7.13. The Labute approximate surface area is 139 Å². The van der Waals surface area contributed by atoms with Gasteiger partial charge in [0.1, 0.15) is 0 Å². The highest BCUT2D eigenvalue weighted by atomic mass is 16.5. The zero-order valence-corrected chi connectivity index (χ0v) is 14.6. The molecule has 0 bridgehead atoms. The summed E-state index contributed by atoms with van der Waals surface area (Å²) in [5.74, 6) is 0.783. The molecule has 0 aromatic heterocycles. The van der Waals surface area contributed by atoms with E-state index in [0.717, 1.165) is 26.0 Å². The summed E-state index contributed by atoms with van der Waals surface area (Å²) in [6, 6.07) is 0.323. The molecular formula is C17H31N3O3. The molecule has 2 aliphatic rings.